The molecule has 2 aliphatic rings. The molecule has 0 radical (unpaired) electrons. The normalized spacial score (nSPS) is 26.3. The van der Waals surface area contributed by atoms with Gasteiger partial charge in [0.1, 0.15) is 12.3 Å². The highest BCUT2D eigenvalue weighted by Crippen LogP contribution is 2.42. The van der Waals surface area contributed by atoms with E-state index in [1.54, 1.807) is 19.1 Å². The fourth-order valence-electron chi connectivity index (χ4n) is 6.72. The molecule has 5 atom stereocenters. The highest BCUT2D eigenvalue weighted by molar-refractivity contribution is 6.30. The van der Waals surface area contributed by atoms with Gasteiger partial charge in [-0.25, -0.2) is 4.79 Å². The van der Waals surface area contributed by atoms with Gasteiger partial charge in [-0.05, 0) is 62.7 Å². The van der Waals surface area contributed by atoms with Gasteiger partial charge in [0.05, 0.1) is 26.1 Å². The lowest BCUT2D eigenvalue weighted by Gasteiger charge is -2.37. The van der Waals surface area contributed by atoms with E-state index >= 15 is 0 Å². The van der Waals surface area contributed by atoms with Crippen LogP contribution in [0.4, 0.5) is 5.69 Å². The van der Waals surface area contributed by atoms with Crippen LogP contribution in [-0.4, -0.2) is 85.6 Å². The molecular formula is C34H48ClN4O4+. The van der Waals surface area contributed by atoms with Crippen LogP contribution in [0.15, 0.2) is 48.5 Å². The molecule has 2 aromatic carbocycles. The smallest absolute Gasteiger partial charge is 0.319 e. The highest BCUT2D eigenvalue weighted by atomic mass is 35.5. The molecule has 1 unspecified atom stereocenters. The van der Waals surface area contributed by atoms with E-state index in [-0.39, 0.29) is 45.6 Å². The van der Waals surface area contributed by atoms with Gasteiger partial charge in [0.2, 0.25) is 5.91 Å². The Labute approximate surface area is 261 Å². The first-order chi connectivity index (χ1) is 20.0. The van der Waals surface area contributed by atoms with Crippen LogP contribution in [-0.2, 0) is 14.4 Å². The predicted molar refractivity (Wildman–Crippen MR) is 171 cm³/mol. The van der Waals surface area contributed by atoms with Crippen molar-refractivity contribution >= 4 is 35.0 Å². The zero-order valence-electron chi connectivity index (χ0n) is 27.1. The number of benzene rings is 2. The molecule has 0 bridgehead atoms. The molecule has 0 saturated carbocycles. The third-order valence-electron chi connectivity index (χ3n) is 9.29. The SMILES string of the molecule is CNC(=O)[C@@H]1C[C@H](N(C(=O)C(C)(C)C)c2ccc(OC)cc2)C[N+]1(C)C(=O)[C@@H]1CN(C(C)(C)C)C[C@H]1c1ccc(Cl)cc1. The second kappa shape index (κ2) is 12.2. The first kappa shape index (κ1) is 33.0. The van der Waals surface area contributed by atoms with Gasteiger partial charge in [-0.1, -0.05) is 44.5 Å². The molecule has 2 aliphatic heterocycles. The Balaban J connectivity index is 1.76. The largest absolute Gasteiger partial charge is 0.497 e. The lowest BCUT2D eigenvalue weighted by atomic mass is 9.87. The zero-order chi connectivity index (χ0) is 31.9. The summed E-state index contributed by atoms with van der Waals surface area (Å²) >= 11 is 6.22. The number of ether oxygens (including phenoxy) is 1. The fourth-order valence-corrected chi connectivity index (χ4v) is 6.85. The number of methoxy groups -OCH3 is 1. The van der Waals surface area contributed by atoms with Crippen molar-refractivity contribution < 1.29 is 23.6 Å². The Hall–Kier alpha value is -2.94. The van der Waals surface area contributed by atoms with Gasteiger partial charge in [0.25, 0.3) is 5.91 Å². The maximum atomic E-state index is 14.9. The summed E-state index contributed by atoms with van der Waals surface area (Å²) in [6.45, 7) is 13.8. The zero-order valence-corrected chi connectivity index (χ0v) is 27.9. The summed E-state index contributed by atoms with van der Waals surface area (Å²) in [5, 5.41) is 3.46. The number of carbonyl (C=O) groups is 3. The molecule has 2 heterocycles. The Morgan fingerprint density at radius 2 is 1.58 bits per heavy atom. The van der Waals surface area contributed by atoms with E-state index in [1.807, 2.05) is 76.3 Å². The summed E-state index contributed by atoms with van der Waals surface area (Å²) in [5.74, 6) is 0.0974. The molecule has 3 amide bonds. The molecule has 2 aromatic rings. The Morgan fingerprint density at radius 3 is 2.09 bits per heavy atom. The molecular weight excluding hydrogens is 564 g/mol. The van der Waals surface area contributed by atoms with Gasteiger partial charge >= 0.3 is 5.91 Å². The number of quaternary nitrogens is 1. The molecule has 4 rings (SSSR count). The van der Waals surface area contributed by atoms with Crippen molar-refractivity contribution in [1.82, 2.24) is 10.2 Å². The second-order valence-corrected chi connectivity index (χ2v) is 14.7. The van der Waals surface area contributed by atoms with Crippen LogP contribution >= 0.6 is 11.6 Å². The number of nitrogens with one attached hydrogen (secondary N) is 1. The van der Waals surface area contributed by atoms with Crippen molar-refractivity contribution in [3.05, 3.63) is 59.1 Å². The van der Waals surface area contributed by atoms with E-state index in [9.17, 15) is 14.4 Å². The number of hydrogen-bond donors (Lipinski definition) is 1. The van der Waals surface area contributed by atoms with Crippen LogP contribution in [0.2, 0.25) is 5.02 Å². The van der Waals surface area contributed by atoms with Crippen LogP contribution < -0.4 is 15.0 Å². The number of likely N-dealkylation sites (tertiary alicyclic amines) is 2. The molecule has 234 valence electrons. The van der Waals surface area contributed by atoms with Crippen LogP contribution in [0.1, 0.15) is 59.4 Å². The van der Waals surface area contributed by atoms with Crippen molar-refractivity contribution in [1.29, 1.82) is 0 Å². The standard InChI is InChI=1S/C34H47ClN4O4/c1-33(2,3)32(42)38(24-14-16-26(43-9)17-15-24)25-18-29(30(40)36-7)39(8,21-25)31(41)28-20-37(34(4,5)6)19-27(28)22-10-12-23(35)13-11-22/h10-17,25,27-29H,18-21H2,1-9H3/p+1/t25-,27-,28+,29-,39?/m0/s1. The molecule has 2 fully saturated rings. The van der Waals surface area contributed by atoms with Crippen LogP contribution in [0.3, 0.4) is 0 Å². The number of rotatable bonds is 6. The first-order valence-electron chi connectivity index (χ1n) is 15.1. The number of amides is 3. The highest BCUT2D eigenvalue weighted by Gasteiger charge is 2.59. The quantitative estimate of drug-likeness (QED) is 0.460. The summed E-state index contributed by atoms with van der Waals surface area (Å²) in [6.07, 6.45) is 0.372. The Kier molecular flexibility index (Phi) is 9.36. The summed E-state index contributed by atoms with van der Waals surface area (Å²) in [5.41, 5.74) is 0.991. The van der Waals surface area contributed by atoms with Gasteiger partial charge in [0, 0.05) is 54.1 Å². The Bertz CT molecular complexity index is 1330. The number of halogens is 1. The van der Waals surface area contributed by atoms with Crippen LogP contribution in [0.25, 0.3) is 0 Å². The topological polar surface area (TPSA) is 79.0 Å². The van der Waals surface area contributed by atoms with Crippen molar-refractivity contribution in [2.24, 2.45) is 11.3 Å². The third kappa shape index (κ3) is 6.61. The summed E-state index contributed by atoms with van der Waals surface area (Å²) in [7, 11) is 5.10. The van der Waals surface area contributed by atoms with Gasteiger partial charge in [-0.15, -0.1) is 0 Å². The van der Waals surface area contributed by atoms with Crippen molar-refractivity contribution in [2.45, 2.75) is 71.5 Å². The van der Waals surface area contributed by atoms with E-state index in [2.05, 4.69) is 31.0 Å². The van der Waals surface area contributed by atoms with Crippen LogP contribution in [0.5, 0.6) is 5.75 Å². The lowest BCUT2D eigenvalue weighted by molar-refractivity contribution is -0.839. The number of hydrogen-bond acceptors (Lipinski definition) is 5. The molecule has 8 nitrogen and oxygen atoms in total. The second-order valence-electron chi connectivity index (χ2n) is 14.3. The fraction of sp³-hybridized carbons (Fsp3) is 0.559. The van der Waals surface area contributed by atoms with E-state index in [0.717, 1.165) is 17.8 Å². The first-order valence-corrected chi connectivity index (χ1v) is 15.5. The maximum absolute atomic E-state index is 14.9. The minimum absolute atomic E-state index is 0.0284. The minimum atomic E-state index is -0.670. The van der Waals surface area contributed by atoms with E-state index in [4.69, 9.17) is 16.3 Å². The van der Waals surface area contributed by atoms with Gasteiger partial charge in [0.15, 0.2) is 6.04 Å². The third-order valence-corrected chi connectivity index (χ3v) is 9.54. The molecule has 0 aromatic heterocycles. The van der Waals surface area contributed by atoms with Crippen molar-refractivity contribution in [3.8, 4) is 5.75 Å². The van der Waals surface area contributed by atoms with E-state index in [0.29, 0.717) is 30.3 Å². The van der Waals surface area contributed by atoms with Gasteiger partial charge < -0.3 is 15.0 Å². The average Bonchev–Trinajstić information content (AvgIpc) is 3.55. The molecule has 0 spiro atoms. The van der Waals surface area contributed by atoms with Crippen molar-refractivity contribution in [2.75, 3.05) is 45.7 Å². The van der Waals surface area contributed by atoms with Crippen LogP contribution in [0, 0.1) is 11.3 Å². The number of carbonyl (C=O) groups excluding carboxylic acids is 3. The monoisotopic (exact) mass is 611 g/mol. The molecule has 43 heavy (non-hydrogen) atoms. The number of nitrogens with zero attached hydrogens (tertiary/aromatic N) is 3. The average molecular weight is 612 g/mol. The number of anilines is 1. The summed E-state index contributed by atoms with van der Waals surface area (Å²) in [4.78, 5) is 46.5. The van der Waals surface area contributed by atoms with Gasteiger partial charge in [-0.3, -0.25) is 19.0 Å². The summed E-state index contributed by atoms with van der Waals surface area (Å²) in [6, 6.07) is 14.2. The number of likely N-dealkylation sites (N-methyl/N-ethyl adjacent to an activating group) is 2. The van der Waals surface area contributed by atoms with E-state index < -0.39 is 11.5 Å². The van der Waals surface area contributed by atoms with E-state index in [1.165, 1.54) is 0 Å². The summed E-state index contributed by atoms with van der Waals surface area (Å²) < 4.78 is 5.29. The molecule has 2 saturated heterocycles. The lowest BCUT2D eigenvalue weighted by Crippen LogP contribution is -2.61. The molecule has 9 heteroatoms. The minimum Gasteiger partial charge on any atom is -0.497 e. The maximum Gasteiger partial charge on any atom is 0.319 e. The predicted octanol–water partition coefficient (Wildman–Crippen LogP) is 5.10. The van der Waals surface area contributed by atoms with Crippen molar-refractivity contribution in [3.63, 3.8) is 0 Å². The molecule has 0 aliphatic carbocycles. The van der Waals surface area contributed by atoms with Gasteiger partial charge in [-0.2, -0.15) is 0 Å². The molecule has 1 N–H and O–H groups in total. The Morgan fingerprint density at radius 1 is 0.977 bits per heavy atom.